The molecule has 0 aliphatic rings. The van der Waals surface area contributed by atoms with Crippen LogP contribution in [0, 0.1) is 0 Å². The number of esters is 1. The van der Waals surface area contributed by atoms with Gasteiger partial charge in [-0.2, -0.15) is 4.98 Å². The van der Waals surface area contributed by atoms with Crippen molar-refractivity contribution in [1.29, 1.82) is 0 Å². The third-order valence-electron chi connectivity index (χ3n) is 1.85. The van der Waals surface area contributed by atoms with Gasteiger partial charge in [0, 0.05) is 6.20 Å². The Morgan fingerprint density at radius 3 is 3.12 bits per heavy atom. The number of hydrogen-bond acceptors (Lipinski definition) is 6. The maximum Gasteiger partial charge on any atom is 0.397 e. The lowest BCUT2D eigenvalue weighted by Crippen LogP contribution is -2.04. The molecule has 0 radical (unpaired) electrons. The summed E-state index contributed by atoms with van der Waals surface area (Å²) in [6, 6.07) is 3.32. The molecule has 0 aliphatic carbocycles. The maximum atomic E-state index is 11.3. The van der Waals surface area contributed by atoms with Gasteiger partial charge in [0.1, 0.15) is 5.69 Å². The van der Waals surface area contributed by atoms with Gasteiger partial charge < -0.3 is 9.26 Å². The van der Waals surface area contributed by atoms with Crippen molar-refractivity contribution < 1.29 is 14.1 Å². The lowest BCUT2D eigenvalue weighted by molar-refractivity contribution is 0.0470. The number of rotatable bonds is 3. The van der Waals surface area contributed by atoms with Gasteiger partial charge in [0.05, 0.1) is 11.6 Å². The van der Waals surface area contributed by atoms with E-state index in [9.17, 15) is 4.79 Å². The van der Waals surface area contributed by atoms with Gasteiger partial charge in [-0.1, -0.05) is 16.8 Å². The minimum absolute atomic E-state index is 0.152. The van der Waals surface area contributed by atoms with Crippen LogP contribution in [0.4, 0.5) is 0 Å². The highest BCUT2D eigenvalue weighted by Crippen LogP contribution is 2.22. The first-order valence-electron chi connectivity index (χ1n) is 4.84. The fourth-order valence-electron chi connectivity index (χ4n) is 1.15. The van der Waals surface area contributed by atoms with Crippen molar-refractivity contribution in [2.45, 2.75) is 6.92 Å². The molecule has 0 spiro atoms. The summed E-state index contributed by atoms with van der Waals surface area (Å²) in [5.41, 5.74) is 0.355. The lowest BCUT2D eigenvalue weighted by atomic mass is 10.3. The smallest absolute Gasteiger partial charge is 0.397 e. The molecule has 0 bridgehead atoms. The standard InChI is InChI=1S/C10H8ClN3O3/c1-2-16-10(15)9-13-8(14-17-9)7-6(11)4-3-5-12-7/h3-5H,2H2,1H3. The van der Waals surface area contributed by atoms with E-state index < -0.39 is 5.97 Å². The third-order valence-corrected chi connectivity index (χ3v) is 2.15. The van der Waals surface area contributed by atoms with E-state index in [1.165, 1.54) is 0 Å². The lowest BCUT2D eigenvalue weighted by Gasteiger charge is -1.95. The van der Waals surface area contributed by atoms with E-state index in [4.69, 9.17) is 20.9 Å². The van der Waals surface area contributed by atoms with E-state index in [1.807, 2.05) is 0 Å². The number of carbonyl (C=O) groups is 1. The summed E-state index contributed by atoms with van der Waals surface area (Å²) < 4.78 is 9.47. The van der Waals surface area contributed by atoms with Crippen LogP contribution in [0.1, 0.15) is 17.6 Å². The van der Waals surface area contributed by atoms with Crippen molar-refractivity contribution in [3.63, 3.8) is 0 Å². The van der Waals surface area contributed by atoms with Gasteiger partial charge >= 0.3 is 11.9 Å². The predicted molar refractivity (Wildman–Crippen MR) is 58.5 cm³/mol. The monoisotopic (exact) mass is 253 g/mol. The highest BCUT2D eigenvalue weighted by Gasteiger charge is 2.18. The predicted octanol–water partition coefficient (Wildman–Crippen LogP) is 1.96. The number of halogens is 1. The molecule has 2 rings (SSSR count). The molecule has 0 aliphatic heterocycles. The summed E-state index contributed by atoms with van der Waals surface area (Å²) in [5.74, 6) is -0.736. The topological polar surface area (TPSA) is 78.1 Å². The molecule has 17 heavy (non-hydrogen) atoms. The quantitative estimate of drug-likeness (QED) is 0.778. The zero-order valence-corrected chi connectivity index (χ0v) is 9.64. The Morgan fingerprint density at radius 1 is 1.59 bits per heavy atom. The maximum absolute atomic E-state index is 11.3. The van der Waals surface area contributed by atoms with Crippen LogP contribution >= 0.6 is 11.6 Å². The van der Waals surface area contributed by atoms with Crippen molar-refractivity contribution in [2.24, 2.45) is 0 Å². The number of ether oxygens (including phenoxy) is 1. The van der Waals surface area contributed by atoms with Gasteiger partial charge in [0.15, 0.2) is 0 Å². The minimum Gasteiger partial charge on any atom is -0.459 e. The van der Waals surface area contributed by atoms with Crippen LogP contribution < -0.4 is 0 Å². The summed E-state index contributed by atoms with van der Waals surface area (Å²) in [5, 5.41) is 4.00. The third kappa shape index (κ3) is 2.42. The number of pyridine rings is 1. The number of aromatic nitrogens is 3. The summed E-state index contributed by atoms with van der Waals surface area (Å²) in [6.07, 6.45) is 1.54. The van der Waals surface area contributed by atoms with Crippen LogP contribution in [0.5, 0.6) is 0 Å². The van der Waals surface area contributed by atoms with Gasteiger partial charge in [-0.15, -0.1) is 0 Å². The van der Waals surface area contributed by atoms with Crippen LogP contribution in [0.15, 0.2) is 22.9 Å². The molecule has 7 heteroatoms. The average molecular weight is 254 g/mol. The Hall–Kier alpha value is -1.95. The van der Waals surface area contributed by atoms with Gasteiger partial charge in [0.25, 0.3) is 0 Å². The fourth-order valence-corrected chi connectivity index (χ4v) is 1.35. The number of nitrogens with zero attached hydrogens (tertiary/aromatic N) is 3. The van der Waals surface area contributed by atoms with Crippen molar-refractivity contribution in [2.75, 3.05) is 6.61 Å². The van der Waals surface area contributed by atoms with Crippen LogP contribution in [0.2, 0.25) is 5.02 Å². The van der Waals surface area contributed by atoms with Crippen LogP contribution in [0.25, 0.3) is 11.5 Å². The molecule has 6 nitrogen and oxygen atoms in total. The summed E-state index contributed by atoms with van der Waals surface area (Å²) >= 11 is 5.91. The Balaban J connectivity index is 2.30. The van der Waals surface area contributed by atoms with Crippen LogP contribution in [-0.2, 0) is 4.74 Å². The summed E-state index contributed by atoms with van der Waals surface area (Å²) in [4.78, 5) is 19.2. The molecule has 88 valence electrons. The zero-order valence-electron chi connectivity index (χ0n) is 8.88. The van der Waals surface area contributed by atoms with Crippen molar-refractivity contribution in [3.8, 4) is 11.5 Å². The SMILES string of the molecule is CCOC(=O)c1nc(-c2ncccc2Cl)no1. The zero-order chi connectivity index (χ0) is 12.3. The minimum atomic E-state index is -0.668. The molecule has 0 saturated heterocycles. The Morgan fingerprint density at radius 2 is 2.41 bits per heavy atom. The molecular weight excluding hydrogens is 246 g/mol. The van der Waals surface area contributed by atoms with Crippen molar-refractivity contribution in [3.05, 3.63) is 29.2 Å². The highest BCUT2D eigenvalue weighted by molar-refractivity contribution is 6.32. The molecule has 0 fully saturated rings. The van der Waals surface area contributed by atoms with Gasteiger partial charge in [-0.05, 0) is 19.1 Å². The van der Waals surface area contributed by atoms with Crippen molar-refractivity contribution in [1.82, 2.24) is 15.1 Å². The molecule has 0 atom stereocenters. The highest BCUT2D eigenvalue weighted by atomic mass is 35.5. The first kappa shape index (κ1) is 11.5. The first-order valence-corrected chi connectivity index (χ1v) is 5.22. The normalized spacial score (nSPS) is 10.2. The summed E-state index contributed by atoms with van der Waals surface area (Å²) in [7, 11) is 0. The molecule has 0 amide bonds. The van der Waals surface area contributed by atoms with E-state index in [1.54, 1.807) is 25.3 Å². The van der Waals surface area contributed by atoms with E-state index in [2.05, 4.69) is 15.1 Å². The van der Waals surface area contributed by atoms with E-state index >= 15 is 0 Å². The molecule has 0 unspecified atom stereocenters. The number of hydrogen-bond donors (Lipinski definition) is 0. The molecular formula is C10H8ClN3O3. The molecule has 0 N–H and O–H groups in total. The fraction of sp³-hybridized carbons (Fsp3) is 0.200. The van der Waals surface area contributed by atoms with E-state index in [0.717, 1.165) is 0 Å². The molecule has 2 heterocycles. The van der Waals surface area contributed by atoms with E-state index in [0.29, 0.717) is 10.7 Å². The van der Waals surface area contributed by atoms with Crippen LogP contribution in [0.3, 0.4) is 0 Å². The second-order valence-electron chi connectivity index (χ2n) is 2.98. The second kappa shape index (κ2) is 4.92. The van der Waals surface area contributed by atoms with Gasteiger partial charge in [-0.25, -0.2) is 4.79 Å². The number of carbonyl (C=O) groups excluding carboxylic acids is 1. The molecule has 0 saturated carbocycles. The first-order chi connectivity index (χ1) is 8.22. The van der Waals surface area contributed by atoms with Gasteiger partial charge in [-0.3, -0.25) is 4.98 Å². The Bertz CT molecular complexity index is 541. The van der Waals surface area contributed by atoms with E-state index in [-0.39, 0.29) is 18.3 Å². The largest absolute Gasteiger partial charge is 0.459 e. The van der Waals surface area contributed by atoms with Crippen LogP contribution in [-0.4, -0.2) is 27.7 Å². The molecule has 2 aromatic heterocycles. The molecule has 2 aromatic rings. The average Bonchev–Trinajstić information content (AvgIpc) is 2.79. The Labute approximate surface area is 102 Å². The second-order valence-corrected chi connectivity index (χ2v) is 3.38. The van der Waals surface area contributed by atoms with Crippen molar-refractivity contribution >= 4 is 17.6 Å². The summed E-state index contributed by atoms with van der Waals surface area (Å²) in [6.45, 7) is 1.92. The van der Waals surface area contributed by atoms with Gasteiger partial charge in [0.2, 0.25) is 5.82 Å². The Kier molecular flexibility index (Phi) is 3.34. The molecule has 0 aromatic carbocycles.